The minimum atomic E-state index is 0.427. The summed E-state index contributed by atoms with van der Waals surface area (Å²) in [7, 11) is 0. The van der Waals surface area contributed by atoms with E-state index in [2.05, 4.69) is 52.0 Å². The van der Waals surface area contributed by atoms with Gasteiger partial charge in [0.15, 0.2) is 0 Å². The molecule has 0 aliphatic heterocycles. The van der Waals surface area contributed by atoms with E-state index < -0.39 is 0 Å². The summed E-state index contributed by atoms with van der Waals surface area (Å²) in [6, 6.07) is 0. The van der Waals surface area contributed by atoms with E-state index in [4.69, 9.17) is 4.74 Å². The van der Waals surface area contributed by atoms with Crippen molar-refractivity contribution in [1.82, 2.24) is 0 Å². The first kappa shape index (κ1) is 40.4. The molecule has 0 rings (SSSR count). The van der Waals surface area contributed by atoms with Gasteiger partial charge < -0.3 is 4.74 Å². The molecule has 0 heterocycles. The molecule has 0 bridgehead atoms. The number of unbranched alkanes of at least 4 members (excludes halogenated alkanes) is 24. The van der Waals surface area contributed by atoms with Crippen LogP contribution in [0, 0.1) is 0 Å². The van der Waals surface area contributed by atoms with Crippen LogP contribution in [0.15, 0.2) is 24.3 Å². The maximum Gasteiger partial charge on any atom is 0.0550 e. The van der Waals surface area contributed by atoms with Gasteiger partial charge in [0.25, 0.3) is 0 Å². The Balaban J connectivity index is 3.34. The molecule has 2 unspecified atom stereocenters. The van der Waals surface area contributed by atoms with Crippen molar-refractivity contribution in [2.45, 2.75) is 233 Å². The molecule has 1 nitrogen and oxygen atoms in total. The van der Waals surface area contributed by atoms with Crippen molar-refractivity contribution in [2.24, 2.45) is 0 Å². The highest BCUT2D eigenvalue weighted by molar-refractivity contribution is 4.82. The van der Waals surface area contributed by atoms with Crippen molar-refractivity contribution in [3.8, 4) is 0 Å². The van der Waals surface area contributed by atoms with E-state index >= 15 is 0 Å². The average molecular weight is 575 g/mol. The lowest BCUT2D eigenvalue weighted by Crippen LogP contribution is -2.17. The first-order valence-electron chi connectivity index (χ1n) is 19.2. The van der Waals surface area contributed by atoms with Crippen LogP contribution in [-0.2, 0) is 4.74 Å². The van der Waals surface area contributed by atoms with Gasteiger partial charge in [0.2, 0.25) is 0 Å². The normalized spacial score (nSPS) is 13.6. The van der Waals surface area contributed by atoms with Crippen LogP contribution in [0.4, 0.5) is 0 Å². The first-order valence-corrected chi connectivity index (χ1v) is 19.2. The fourth-order valence-electron chi connectivity index (χ4n) is 5.89. The fourth-order valence-corrected chi connectivity index (χ4v) is 5.89. The smallest absolute Gasteiger partial charge is 0.0550 e. The lowest BCUT2D eigenvalue weighted by molar-refractivity contribution is -0.00232. The summed E-state index contributed by atoms with van der Waals surface area (Å²) in [5.41, 5.74) is 0. The molecule has 1 heteroatoms. The summed E-state index contributed by atoms with van der Waals surface area (Å²) in [4.78, 5) is 0. The lowest BCUT2D eigenvalue weighted by atomic mass is 10.1. The Morgan fingerprint density at radius 3 is 0.878 bits per heavy atom. The van der Waals surface area contributed by atoms with E-state index in [1.54, 1.807) is 0 Å². The Bertz CT molecular complexity index is 475. The van der Waals surface area contributed by atoms with E-state index in [1.807, 2.05) is 0 Å². The molecule has 0 aliphatic carbocycles. The predicted molar refractivity (Wildman–Crippen MR) is 188 cm³/mol. The van der Waals surface area contributed by atoms with Crippen LogP contribution in [0.3, 0.4) is 0 Å². The van der Waals surface area contributed by atoms with Gasteiger partial charge in [-0.2, -0.15) is 0 Å². The Hall–Kier alpha value is -0.560. The van der Waals surface area contributed by atoms with Gasteiger partial charge in [-0.3, -0.25) is 0 Å². The highest BCUT2D eigenvalue weighted by Crippen LogP contribution is 2.16. The SMILES string of the molecule is CCCCCCCC/C=C\CCCCCCCCC(C)OC(C)CCCCCCCC/C=C\CCCCCCCC. The summed E-state index contributed by atoms with van der Waals surface area (Å²) in [5.74, 6) is 0. The zero-order valence-electron chi connectivity index (χ0n) is 29.1. The summed E-state index contributed by atoms with van der Waals surface area (Å²) in [5, 5.41) is 0. The third kappa shape index (κ3) is 35.5. The van der Waals surface area contributed by atoms with Crippen molar-refractivity contribution in [1.29, 1.82) is 0 Å². The molecular formula is C40H78O. The molecule has 0 aromatic rings. The van der Waals surface area contributed by atoms with E-state index in [9.17, 15) is 0 Å². The number of allylic oxidation sites excluding steroid dienone is 4. The second-order valence-electron chi connectivity index (χ2n) is 13.2. The molecule has 0 aromatic carbocycles. The van der Waals surface area contributed by atoms with Gasteiger partial charge in [0.1, 0.15) is 0 Å². The molecule has 0 aliphatic rings. The van der Waals surface area contributed by atoms with Crippen LogP contribution in [0.25, 0.3) is 0 Å². The standard InChI is InChI=1S/C40H78O/c1-5-7-9-11-13-15-17-19-21-23-25-27-29-31-33-35-37-39(3)41-40(4)38-36-34-32-30-28-26-24-22-20-18-16-14-12-10-8-6-2/h19-22,39-40H,5-18,23-38H2,1-4H3/b21-19-,22-20-. The largest absolute Gasteiger partial charge is 0.376 e. The van der Waals surface area contributed by atoms with Crippen molar-refractivity contribution in [3.05, 3.63) is 24.3 Å². The Kier molecular flexibility index (Phi) is 35.1. The second-order valence-corrected chi connectivity index (χ2v) is 13.2. The van der Waals surface area contributed by atoms with Crippen LogP contribution < -0.4 is 0 Å². The van der Waals surface area contributed by atoms with E-state index in [0.29, 0.717) is 12.2 Å². The predicted octanol–water partition coefficient (Wildman–Crippen LogP) is 14.6. The Morgan fingerprint density at radius 2 is 0.585 bits per heavy atom. The van der Waals surface area contributed by atoms with Crippen LogP contribution in [0.5, 0.6) is 0 Å². The Labute approximate surface area is 261 Å². The molecule has 0 aromatic heterocycles. The molecule has 0 amide bonds. The summed E-state index contributed by atoms with van der Waals surface area (Å²) in [6.45, 7) is 9.16. The van der Waals surface area contributed by atoms with Crippen LogP contribution >= 0.6 is 0 Å². The average Bonchev–Trinajstić information content (AvgIpc) is 2.96. The lowest BCUT2D eigenvalue weighted by Gasteiger charge is -2.19. The summed E-state index contributed by atoms with van der Waals surface area (Å²) >= 11 is 0. The number of rotatable bonds is 34. The molecule has 244 valence electrons. The second kappa shape index (κ2) is 35.6. The van der Waals surface area contributed by atoms with Crippen LogP contribution in [0.1, 0.15) is 220 Å². The zero-order chi connectivity index (χ0) is 29.9. The first-order chi connectivity index (χ1) is 20.2. The highest BCUT2D eigenvalue weighted by Gasteiger charge is 2.08. The summed E-state index contributed by atoms with van der Waals surface area (Å²) < 4.78 is 6.28. The highest BCUT2D eigenvalue weighted by atomic mass is 16.5. The molecule has 41 heavy (non-hydrogen) atoms. The van der Waals surface area contributed by atoms with Crippen molar-refractivity contribution in [2.75, 3.05) is 0 Å². The van der Waals surface area contributed by atoms with Crippen molar-refractivity contribution in [3.63, 3.8) is 0 Å². The molecule has 0 spiro atoms. The molecule has 0 saturated carbocycles. The minimum Gasteiger partial charge on any atom is -0.376 e. The summed E-state index contributed by atoms with van der Waals surface area (Å²) in [6.07, 6.45) is 51.7. The molecule has 2 atom stereocenters. The molecular weight excluding hydrogens is 496 g/mol. The number of ether oxygens (including phenoxy) is 1. The monoisotopic (exact) mass is 575 g/mol. The van der Waals surface area contributed by atoms with Crippen LogP contribution in [-0.4, -0.2) is 12.2 Å². The molecule has 0 radical (unpaired) electrons. The number of hydrogen-bond donors (Lipinski definition) is 0. The van der Waals surface area contributed by atoms with Gasteiger partial charge in [0, 0.05) is 0 Å². The van der Waals surface area contributed by atoms with Gasteiger partial charge in [0.05, 0.1) is 12.2 Å². The van der Waals surface area contributed by atoms with Gasteiger partial charge in [-0.15, -0.1) is 0 Å². The van der Waals surface area contributed by atoms with E-state index in [1.165, 1.54) is 193 Å². The molecule has 0 saturated heterocycles. The topological polar surface area (TPSA) is 9.23 Å². The fraction of sp³-hybridized carbons (Fsp3) is 0.900. The van der Waals surface area contributed by atoms with E-state index in [-0.39, 0.29) is 0 Å². The Morgan fingerprint density at radius 1 is 0.341 bits per heavy atom. The maximum absolute atomic E-state index is 6.28. The van der Waals surface area contributed by atoms with Gasteiger partial charge in [-0.05, 0) is 78.1 Å². The molecule has 0 fully saturated rings. The van der Waals surface area contributed by atoms with Gasteiger partial charge in [-0.25, -0.2) is 0 Å². The number of hydrogen-bond acceptors (Lipinski definition) is 1. The van der Waals surface area contributed by atoms with E-state index in [0.717, 1.165) is 0 Å². The van der Waals surface area contributed by atoms with Gasteiger partial charge in [-0.1, -0.05) is 167 Å². The van der Waals surface area contributed by atoms with Gasteiger partial charge >= 0.3 is 0 Å². The van der Waals surface area contributed by atoms with Crippen molar-refractivity contribution >= 4 is 0 Å². The van der Waals surface area contributed by atoms with Crippen molar-refractivity contribution < 1.29 is 4.74 Å². The van der Waals surface area contributed by atoms with Crippen LogP contribution in [0.2, 0.25) is 0 Å². The zero-order valence-corrected chi connectivity index (χ0v) is 29.1. The third-order valence-electron chi connectivity index (χ3n) is 8.71. The minimum absolute atomic E-state index is 0.427. The third-order valence-corrected chi connectivity index (χ3v) is 8.71. The quantitative estimate of drug-likeness (QED) is 0.0548. The maximum atomic E-state index is 6.28. The molecule has 0 N–H and O–H groups in total.